The molecule has 1 fully saturated rings. The van der Waals surface area contributed by atoms with Crippen molar-refractivity contribution < 1.29 is 29.2 Å². The van der Waals surface area contributed by atoms with E-state index in [4.69, 9.17) is 19.3 Å². The van der Waals surface area contributed by atoms with E-state index >= 15 is 0 Å². The van der Waals surface area contributed by atoms with E-state index in [1.165, 1.54) is 12.0 Å². The molecule has 0 radical (unpaired) electrons. The van der Waals surface area contributed by atoms with Crippen LogP contribution >= 0.6 is 0 Å². The molecule has 0 bridgehead atoms. The van der Waals surface area contributed by atoms with Crippen molar-refractivity contribution in [2.24, 2.45) is 0 Å². The molecule has 116 valence electrons. The number of aliphatic hydroxyl groups excluding tert-OH is 2. The average Bonchev–Trinajstić information content (AvgIpc) is 2.52. The Labute approximate surface area is 122 Å². The zero-order chi connectivity index (χ0) is 15.4. The summed E-state index contributed by atoms with van der Waals surface area (Å²) in [5.41, 5.74) is 0.607. The molecule has 0 spiro atoms. The summed E-state index contributed by atoms with van der Waals surface area (Å²) in [5, 5.41) is 19.1. The highest BCUT2D eigenvalue weighted by atomic mass is 16.7. The normalized spacial score (nSPS) is 22.9. The maximum atomic E-state index is 12.2. The largest absolute Gasteiger partial charge is 0.497 e. The lowest BCUT2D eigenvalue weighted by Crippen LogP contribution is -2.71. The standard InChI is InChI=1S/C14H19NO6/c1-19-8-21-13-12(11(17)7-16)15(14(13)18)9-3-5-10(20-2)6-4-9/h3-6,11-13,16-17H,7-8H2,1-2H3/t11-,12+,13?/m1/s1. The van der Waals surface area contributed by atoms with E-state index in [-0.39, 0.29) is 12.7 Å². The van der Waals surface area contributed by atoms with Gasteiger partial charge in [0.15, 0.2) is 6.10 Å². The van der Waals surface area contributed by atoms with Crippen molar-refractivity contribution in [3.63, 3.8) is 0 Å². The fraction of sp³-hybridized carbons (Fsp3) is 0.500. The Balaban J connectivity index is 2.18. The van der Waals surface area contributed by atoms with Crippen LogP contribution in [0, 0.1) is 0 Å². The van der Waals surface area contributed by atoms with Gasteiger partial charge in [0.25, 0.3) is 5.91 Å². The minimum atomic E-state index is -1.09. The van der Waals surface area contributed by atoms with Gasteiger partial charge in [-0.25, -0.2) is 0 Å². The molecule has 0 aromatic heterocycles. The Bertz CT molecular complexity index is 477. The van der Waals surface area contributed by atoms with Crippen molar-refractivity contribution in [1.82, 2.24) is 0 Å². The van der Waals surface area contributed by atoms with Crippen LogP contribution in [0.1, 0.15) is 0 Å². The summed E-state index contributed by atoms with van der Waals surface area (Å²) in [6.07, 6.45) is -1.92. The summed E-state index contributed by atoms with van der Waals surface area (Å²) >= 11 is 0. The molecule has 1 aromatic rings. The van der Waals surface area contributed by atoms with E-state index in [1.54, 1.807) is 31.4 Å². The van der Waals surface area contributed by atoms with Crippen LogP contribution in [0.15, 0.2) is 24.3 Å². The lowest BCUT2D eigenvalue weighted by molar-refractivity contribution is -0.161. The van der Waals surface area contributed by atoms with Crippen LogP contribution < -0.4 is 9.64 Å². The van der Waals surface area contributed by atoms with Crippen LogP contribution in [0.25, 0.3) is 0 Å². The number of anilines is 1. The molecule has 1 saturated heterocycles. The summed E-state index contributed by atoms with van der Waals surface area (Å²) in [6, 6.07) is 6.20. The predicted octanol–water partition coefficient (Wildman–Crippen LogP) is -0.247. The molecule has 0 aliphatic carbocycles. The van der Waals surface area contributed by atoms with Gasteiger partial charge in [0.05, 0.1) is 13.7 Å². The molecule has 2 rings (SSSR count). The topological polar surface area (TPSA) is 88.5 Å². The Morgan fingerprint density at radius 3 is 2.48 bits per heavy atom. The van der Waals surface area contributed by atoms with Gasteiger partial charge in [0.1, 0.15) is 24.7 Å². The van der Waals surface area contributed by atoms with Crippen molar-refractivity contribution in [3.8, 4) is 5.75 Å². The number of β-lactam (4-membered cyclic amide) rings is 1. The zero-order valence-electron chi connectivity index (χ0n) is 11.9. The number of nitrogens with zero attached hydrogens (tertiary/aromatic N) is 1. The van der Waals surface area contributed by atoms with Gasteiger partial charge in [-0.3, -0.25) is 4.79 Å². The number of benzene rings is 1. The quantitative estimate of drug-likeness (QED) is 0.533. The second-order valence-electron chi connectivity index (χ2n) is 4.64. The number of rotatable bonds is 7. The number of ether oxygens (including phenoxy) is 3. The van der Waals surface area contributed by atoms with Crippen molar-refractivity contribution in [3.05, 3.63) is 24.3 Å². The number of hydrogen-bond donors (Lipinski definition) is 2. The molecule has 1 aromatic carbocycles. The highest BCUT2D eigenvalue weighted by molar-refractivity contribution is 6.05. The third kappa shape index (κ3) is 3.01. The van der Waals surface area contributed by atoms with E-state index in [0.717, 1.165) is 0 Å². The Kier molecular flexibility index (Phi) is 5.13. The Hall–Kier alpha value is -1.67. The fourth-order valence-electron chi connectivity index (χ4n) is 2.32. The summed E-state index contributed by atoms with van der Waals surface area (Å²) in [4.78, 5) is 13.6. The molecule has 1 aliphatic heterocycles. The average molecular weight is 297 g/mol. The van der Waals surface area contributed by atoms with Gasteiger partial charge in [-0.2, -0.15) is 0 Å². The molecule has 0 saturated carbocycles. The molecule has 1 unspecified atom stereocenters. The predicted molar refractivity (Wildman–Crippen MR) is 74.1 cm³/mol. The van der Waals surface area contributed by atoms with Crippen LogP contribution in [-0.2, 0) is 14.3 Å². The van der Waals surface area contributed by atoms with E-state index in [0.29, 0.717) is 11.4 Å². The molecule has 21 heavy (non-hydrogen) atoms. The minimum Gasteiger partial charge on any atom is -0.497 e. The first-order valence-corrected chi connectivity index (χ1v) is 6.50. The third-order valence-corrected chi connectivity index (χ3v) is 3.39. The molecule has 7 heteroatoms. The number of carbonyl (C=O) groups is 1. The smallest absolute Gasteiger partial charge is 0.258 e. The zero-order valence-corrected chi connectivity index (χ0v) is 11.9. The molecule has 1 aliphatic rings. The van der Waals surface area contributed by atoms with Gasteiger partial charge in [-0.05, 0) is 24.3 Å². The van der Waals surface area contributed by atoms with Gasteiger partial charge in [0, 0.05) is 12.8 Å². The van der Waals surface area contributed by atoms with Crippen LogP contribution in [-0.4, -0.2) is 62.0 Å². The highest BCUT2D eigenvalue weighted by Crippen LogP contribution is 2.33. The van der Waals surface area contributed by atoms with E-state index < -0.39 is 24.9 Å². The summed E-state index contributed by atoms with van der Waals surface area (Å²) in [5.74, 6) is 0.382. The highest BCUT2D eigenvalue weighted by Gasteiger charge is 2.52. The lowest BCUT2D eigenvalue weighted by atomic mass is 9.91. The van der Waals surface area contributed by atoms with Crippen molar-refractivity contribution in [1.29, 1.82) is 0 Å². The number of carbonyl (C=O) groups excluding carboxylic acids is 1. The molecule has 3 atom stereocenters. The van der Waals surface area contributed by atoms with Gasteiger partial charge >= 0.3 is 0 Å². The first-order chi connectivity index (χ1) is 10.1. The number of aliphatic hydroxyl groups is 2. The van der Waals surface area contributed by atoms with E-state index in [1.807, 2.05) is 0 Å². The van der Waals surface area contributed by atoms with Gasteiger partial charge in [0.2, 0.25) is 0 Å². The second-order valence-corrected chi connectivity index (χ2v) is 4.64. The fourth-order valence-corrected chi connectivity index (χ4v) is 2.32. The van der Waals surface area contributed by atoms with Crippen molar-refractivity contribution in [2.75, 3.05) is 32.5 Å². The van der Waals surface area contributed by atoms with Crippen LogP contribution in [0.2, 0.25) is 0 Å². The Morgan fingerprint density at radius 1 is 1.29 bits per heavy atom. The lowest BCUT2D eigenvalue weighted by Gasteiger charge is -2.48. The van der Waals surface area contributed by atoms with Crippen LogP contribution in [0.5, 0.6) is 5.75 Å². The third-order valence-electron chi connectivity index (χ3n) is 3.39. The van der Waals surface area contributed by atoms with Crippen LogP contribution in [0.4, 0.5) is 5.69 Å². The summed E-state index contributed by atoms with van der Waals surface area (Å²) in [6.45, 7) is -0.515. The molecule has 1 amide bonds. The van der Waals surface area contributed by atoms with Crippen molar-refractivity contribution in [2.45, 2.75) is 18.2 Å². The first kappa shape index (κ1) is 15.7. The maximum absolute atomic E-state index is 12.2. The molecular weight excluding hydrogens is 278 g/mol. The minimum absolute atomic E-state index is 0.0541. The molecule has 1 heterocycles. The number of amides is 1. The van der Waals surface area contributed by atoms with Gasteiger partial charge in [-0.15, -0.1) is 0 Å². The monoisotopic (exact) mass is 297 g/mol. The van der Waals surface area contributed by atoms with E-state index in [9.17, 15) is 9.90 Å². The first-order valence-electron chi connectivity index (χ1n) is 6.50. The van der Waals surface area contributed by atoms with Gasteiger partial charge < -0.3 is 29.3 Å². The van der Waals surface area contributed by atoms with Crippen molar-refractivity contribution >= 4 is 11.6 Å². The number of methoxy groups -OCH3 is 2. The maximum Gasteiger partial charge on any atom is 0.258 e. The molecular formula is C14H19NO6. The van der Waals surface area contributed by atoms with E-state index in [2.05, 4.69) is 0 Å². The molecule has 7 nitrogen and oxygen atoms in total. The van der Waals surface area contributed by atoms with Crippen LogP contribution in [0.3, 0.4) is 0 Å². The SMILES string of the molecule is COCOC1C(=O)N(c2ccc(OC)cc2)[C@H]1[C@H](O)CO. The van der Waals surface area contributed by atoms with Gasteiger partial charge in [-0.1, -0.05) is 0 Å². The summed E-state index contributed by atoms with van der Waals surface area (Å²) in [7, 11) is 3.00. The molecule has 2 N–H and O–H groups in total. The second kappa shape index (κ2) is 6.86. The summed E-state index contributed by atoms with van der Waals surface area (Å²) < 4.78 is 15.1. The number of hydrogen-bond acceptors (Lipinski definition) is 6. The Morgan fingerprint density at radius 2 is 1.95 bits per heavy atom.